The summed E-state index contributed by atoms with van der Waals surface area (Å²) >= 11 is 10.5. The van der Waals surface area contributed by atoms with Crippen LogP contribution in [0.4, 0.5) is 0 Å². The summed E-state index contributed by atoms with van der Waals surface area (Å²) in [6.07, 6.45) is 4.89. The highest BCUT2D eigenvalue weighted by atomic mass is 35.5. The molecule has 0 aliphatic carbocycles. The maximum atomic E-state index is 5.75. The van der Waals surface area contributed by atoms with Crippen molar-refractivity contribution < 1.29 is 0 Å². The molecule has 2 heterocycles. The number of nitrogens with zero attached hydrogens (tertiary/aromatic N) is 3. The first kappa shape index (κ1) is 10.1. The van der Waals surface area contributed by atoms with Crippen molar-refractivity contribution in [2.75, 3.05) is 0 Å². The predicted octanol–water partition coefficient (Wildman–Crippen LogP) is 1.55. The van der Waals surface area contributed by atoms with Crippen LogP contribution in [0, 0.1) is 0 Å². The molecule has 76 valence electrons. The Kier molecular flexibility index (Phi) is 2.66. The summed E-state index contributed by atoms with van der Waals surface area (Å²) in [7, 11) is 0. The van der Waals surface area contributed by atoms with Crippen molar-refractivity contribution in [2.45, 2.75) is 0 Å². The minimum absolute atomic E-state index is 0.278. The number of aromatic nitrogens is 3. The number of nitrogens with two attached hydrogens (primary N) is 1. The van der Waals surface area contributed by atoms with Crippen LogP contribution in [-0.2, 0) is 0 Å². The summed E-state index contributed by atoms with van der Waals surface area (Å²) in [6, 6.07) is 3.57. The molecule has 0 amide bonds. The summed E-state index contributed by atoms with van der Waals surface area (Å²) < 4.78 is 1.62. The molecule has 2 aromatic heterocycles. The lowest BCUT2D eigenvalue weighted by Gasteiger charge is -2.01. The minimum Gasteiger partial charge on any atom is -0.388 e. The zero-order valence-corrected chi connectivity index (χ0v) is 9.16. The van der Waals surface area contributed by atoms with Crippen LogP contribution >= 0.6 is 23.8 Å². The van der Waals surface area contributed by atoms with Gasteiger partial charge in [-0.1, -0.05) is 23.8 Å². The summed E-state index contributed by atoms with van der Waals surface area (Å²) in [5.74, 6) is 0. The number of rotatable bonds is 2. The Morgan fingerprint density at radius 1 is 1.40 bits per heavy atom. The highest BCUT2D eigenvalue weighted by Crippen LogP contribution is 2.11. The quantitative estimate of drug-likeness (QED) is 0.807. The molecular formula is C9H7ClN4S. The molecule has 2 aromatic rings. The second kappa shape index (κ2) is 3.96. The van der Waals surface area contributed by atoms with Crippen LogP contribution in [0.25, 0.3) is 5.69 Å². The van der Waals surface area contributed by atoms with Crippen molar-refractivity contribution in [3.05, 3.63) is 41.4 Å². The summed E-state index contributed by atoms with van der Waals surface area (Å²) in [5.41, 5.74) is 6.83. The van der Waals surface area contributed by atoms with E-state index in [1.54, 1.807) is 29.3 Å². The molecule has 0 aliphatic heterocycles. The van der Waals surface area contributed by atoms with Crippen molar-refractivity contribution in [1.29, 1.82) is 0 Å². The predicted molar refractivity (Wildman–Crippen MR) is 62.3 cm³/mol. The second-order valence-corrected chi connectivity index (χ2v) is 3.75. The fourth-order valence-corrected chi connectivity index (χ4v) is 1.37. The van der Waals surface area contributed by atoms with Gasteiger partial charge in [0.25, 0.3) is 0 Å². The number of hydrogen-bond acceptors (Lipinski definition) is 3. The van der Waals surface area contributed by atoms with Gasteiger partial charge in [0.2, 0.25) is 0 Å². The summed E-state index contributed by atoms with van der Waals surface area (Å²) in [4.78, 5) is 4.37. The third-order valence-electron chi connectivity index (χ3n) is 1.82. The Morgan fingerprint density at radius 3 is 2.67 bits per heavy atom. The van der Waals surface area contributed by atoms with Gasteiger partial charge in [-0.2, -0.15) is 5.10 Å². The third kappa shape index (κ3) is 2.14. The summed E-state index contributed by atoms with van der Waals surface area (Å²) in [5, 5.41) is 4.62. The molecule has 0 aromatic carbocycles. The van der Waals surface area contributed by atoms with Crippen LogP contribution < -0.4 is 5.73 Å². The third-order valence-corrected chi connectivity index (χ3v) is 2.22. The summed E-state index contributed by atoms with van der Waals surface area (Å²) in [6.45, 7) is 0. The zero-order chi connectivity index (χ0) is 10.8. The largest absolute Gasteiger partial charge is 0.388 e. The smallest absolute Gasteiger partial charge is 0.122 e. The fraction of sp³-hybridized carbons (Fsp3) is 0. The molecule has 15 heavy (non-hydrogen) atoms. The van der Waals surface area contributed by atoms with E-state index >= 15 is 0 Å². The molecule has 0 bridgehead atoms. The molecule has 4 nitrogen and oxygen atoms in total. The van der Waals surface area contributed by atoms with Crippen molar-refractivity contribution in [2.24, 2.45) is 5.73 Å². The molecular weight excluding hydrogens is 232 g/mol. The Bertz CT molecular complexity index is 491. The van der Waals surface area contributed by atoms with Gasteiger partial charge < -0.3 is 5.73 Å². The topological polar surface area (TPSA) is 56.7 Å². The number of thiocarbonyl (C=S) groups is 1. The van der Waals surface area contributed by atoms with Gasteiger partial charge in [0.1, 0.15) is 4.99 Å². The fourth-order valence-electron chi connectivity index (χ4n) is 1.11. The first-order chi connectivity index (χ1) is 7.16. The lowest BCUT2D eigenvalue weighted by Crippen LogP contribution is -2.11. The van der Waals surface area contributed by atoms with Crippen molar-refractivity contribution in [3.8, 4) is 5.69 Å². The maximum Gasteiger partial charge on any atom is 0.122 e. The molecule has 2 N–H and O–H groups in total. The van der Waals surface area contributed by atoms with E-state index in [9.17, 15) is 0 Å². The van der Waals surface area contributed by atoms with Crippen molar-refractivity contribution >= 4 is 28.8 Å². The first-order valence-electron chi connectivity index (χ1n) is 4.13. The van der Waals surface area contributed by atoms with Gasteiger partial charge >= 0.3 is 0 Å². The van der Waals surface area contributed by atoms with Crippen LogP contribution in [0.3, 0.4) is 0 Å². The molecule has 0 atom stereocenters. The Labute approximate surface area is 96.7 Å². The standard InChI is InChI=1S/C9H7ClN4S/c10-6-3-13-14(5-6)7-1-2-8(9(11)15)12-4-7/h1-5H,(H2,11,15). The average molecular weight is 239 g/mol. The average Bonchev–Trinajstić information content (AvgIpc) is 2.65. The van der Waals surface area contributed by atoms with Crippen molar-refractivity contribution in [1.82, 2.24) is 14.8 Å². The van der Waals surface area contributed by atoms with Crippen LogP contribution in [0.2, 0.25) is 5.02 Å². The lowest BCUT2D eigenvalue weighted by molar-refractivity contribution is 0.873. The molecule has 2 rings (SSSR count). The van der Waals surface area contributed by atoms with Gasteiger partial charge in [-0.25, -0.2) is 4.68 Å². The molecule has 0 aliphatic rings. The SMILES string of the molecule is NC(=S)c1ccc(-n2cc(Cl)cn2)cn1. The first-order valence-corrected chi connectivity index (χ1v) is 4.92. The molecule has 6 heteroatoms. The molecule has 0 saturated carbocycles. The minimum atomic E-state index is 0.278. The van der Waals surface area contributed by atoms with E-state index in [0.717, 1.165) is 5.69 Å². The Hall–Kier alpha value is -1.46. The Morgan fingerprint density at radius 2 is 2.20 bits per heavy atom. The van der Waals surface area contributed by atoms with Gasteiger partial charge in [-0.3, -0.25) is 4.98 Å². The normalized spacial score (nSPS) is 10.2. The number of pyridine rings is 1. The van der Waals surface area contributed by atoms with E-state index < -0.39 is 0 Å². The van der Waals surface area contributed by atoms with E-state index in [1.165, 1.54) is 0 Å². The molecule has 0 saturated heterocycles. The maximum absolute atomic E-state index is 5.75. The van der Waals surface area contributed by atoms with E-state index in [2.05, 4.69) is 10.1 Å². The van der Waals surface area contributed by atoms with Crippen molar-refractivity contribution in [3.63, 3.8) is 0 Å². The molecule has 0 unspecified atom stereocenters. The highest BCUT2D eigenvalue weighted by Gasteiger charge is 2.01. The highest BCUT2D eigenvalue weighted by molar-refractivity contribution is 7.80. The van der Waals surface area contributed by atoms with E-state index in [4.69, 9.17) is 29.6 Å². The van der Waals surface area contributed by atoms with Crippen LogP contribution in [-0.4, -0.2) is 19.8 Å². The molecule has 0 spiro atoms. The van der Waals surface area contributed by atoms with Gasteiger partial charge in [-0.05, 0) is 12.1 Å². The zero-order valence-electron chi connectivity index (χ0n) is 7.59. The van der Waals surface area contributed by atoms with Gasteiger partial charge in [0, 0.05) is 6.20 Å². The molecule has 0 radical (unpaired) electrons. The van der Waals surface area contributed by atoms with Crippen LogP contribution in [0.1, 0.15) is 5.69 Å². The van der Waals surface area contributed by atoms with Crippen LogP contribution in [0.5, 0.6) is 0 Å². The van der Waals surface area contributed by atoms with Gasteiger partial charge in [-0.15, -0.1) is 0 Å². The monoisotopic (exact) mass is 238 g/mol. The van der Waals surface area contributed by atoms with E-state index in [0.29, 0.717) is 10.7 Å². The lowest BCUT2D eigenvalue weighted by atomic mass is 10.3. The number of hydrogen-bond donors (Lipinski definition) is 1. The van der Waals surface area contributed by atoms with E-state index in [1.807, 2.05) is 6.07 Å². The van der Waals surface area contributed by atoms with Gasteiger partial charge in [0.05, 0.1) is 28.8 Å². The second-order valence-electron chi connectivity index (χ2n) is 2.87. The van der Waals surface area contributed by atoms with Crippen LogP contribution in [0.15, 0.2) is 30.7 Å². The molecule has 0 fully saturated rings. The number of halogens is 1. The van der Waals surface area contributed by atoms with Gasteiger partial charge in [0.15, 0.2) is 0 Å². The Balaban J connectivity index is 2.35. The van der Waals surface area contributed by atoms with E-state index in [-0.39, 0.29) is 4.99 Å².